The molecule has 3 fully saturated rings. The first-order chi connectivity index (χ1) is 15.6. The van der Waals surface area contributed by atoms with Crippen LogP contribution in [0, 0.1) is 27.2 Å². The fraction of sp³-hybridized carbons (Fsp3) is 0.318. The van der Waals surface area contributed by atoms with Crippen molar-refractivity contribution in [2.24, 2.45) is 23.7 Å². The number of esters is 3. The van der Waals surface area contributed by atoms with Gasteiger partial charge in [-0.05, 0) is 71.5 Å². The zero-order valence-electron chi connectivity index (χ0n) is 16.8. The van der Waals surface area contributed by atoms with Crippen molar-refractivity contribution in [2.75, 3.05) is 0 Å². The first-order valence-corrected chi connectivity index (χ1v) is 12.6. The number of fused-ring (bicyclic) bond motifs is 1. The molecule has 1 aliphatic heterocycles. The van der Waals surface area contributed by atoms with E-state index in [0.717, 1.165) is 15.7 Å². The molecule has 0 aromatic heterocycles. The van der Waals surface area contributed by atoms with E-state index >= 15 is 0 Å². The third kappa shape index (κ3) is 3.91. The van der Waals surface area contributed by atoms with Crippen molar-refractivity contribution in [3.8, 4) is 5.75 Å². The summed E-state index contributed by atoms with van der Waals surface area (Å²) in [6, 6.07) is 11.6. The van der Waals surface area contributed by atoms with Gasteiger partial charge < -0.3 is 14.2 Å². The average molecular weight is 584 g/mol. The lowest BCUT2D eigenvalue weighted by atomic mass is 9.78. The number of ether oxygens (including phenoxy) is 3. The summed E-state index contributed by atoms with van der Waals surface area (Å²) in [5.41, 5.74) is 0.364. The van der Waals surface area contributed by atoms with E-state index in [1.807, 2.05) is 6.07 Å². The maximum Gasteiger partial charge on any atom is 0.338 e. The van der Waals surface area contributed by atoms with Crippen molar-refractivity contribution in [1.29, 1.82) is 0 Å². The average Bonchev–Trinajstić information content (AvgIpc) is 3.37. The maximum atomic E-state index is 13.0. The summed E-state index contributed by atoms with van der Waals surface area (Å²) >= 11 is 2.09. The molecule has 172 valence electrons. The predicted molar refractivity (Wildman–Crippen MR) is 119 cm³/mol. The van der Waals surface area contributed by atoms with E-state index in [1.54, 1.807) is 18.2 Å². The van der Waals surface area contributed by atoms with Crippen molar-refractivity contribution in [3.63, 3.8) is 0 Å². The lowest BCUT2D eigenvalue weighted by molar-refractivity contribution is -0.149. The molecule has 6 atom stereocenters. The van der Waals surface area contributed by atoms with Crippen molar-refractivity contribution >= 4 is 50.6 Å². The molecule has 0 amide bonds. The number of rotatable bonds is 5. The molecule has 9 nitrogen and oxygen atoms in total. The number of benzene rings is 2. The van der Waals surface area contributed by atoms with Gasteiger partial charge in [0.15, 0.2) is 0 Å². The van der Waals surface area contributed by atoms with E-state index in [4.69, 9.17) is 18.8 Å². The molecule has 2 saturated carbocycles. The summed E-state index contributed by atoms with van der Waals surface area (Å²) < 4.78 is 48.9. The Morgan fingerprint density at radius 1 is 1.09 bits per heavy atom. The van der Waals surface area contributed by atoms with Crippen LogP contribution in [0.15, 0.2) is 53.4 Å². The number of hydrogen-bond donors (Lipinski definition) is 1. The topological polar surface area (TPSA) is 133 Å². The van der Waals surface area contributed by atoms with Crippen LogP contribution in [0.2, 0.25) is 0 Å². The third-order valence-electron chi connectivity index (χ3n) is 6.46. The number of hydrogen-bond acceptors (Lipinski definition) is 8. The van der Waals surface area contributed by atoms with Gasteiger partial charge in [-0.1, -0.05) is 6.07 Å². The zero-order valence-corrected chi connectivity index (χ0v) is 19.8. The first-order valence-electron chi connectivity index (χ1n) is 10.1. The van der Waals surface area contributed by atoms with Crippen LogP contribution in [0.1, 0.15) is 16.8 Å². The molecule has 33 heavy (non-hydrogen) atoms. The van der Waals surface area contributed by atoms with Gasteiger partial charge in [0.25, 0.3) is 10.1 Å². The highest BCUT2D eigenvalue weighted by molar-refractivity contribution is 14.1. The molecule has 3 aliphatic rings. The van der Waals surface area contributed by atoms with E-state index in [1.165, 1.54) is 12.1 Å². The first kappa shape index (κ1) is 22.3. The molecule has 1 saturated heterocycles. The highest BCUT2D eigenvalue weighted by Crippen LogP contribution is 2.59. The highest BCUT2D eigenvalue weighted by Gasteiger charge is 2.70. The van der Waals surface area contributed by atoms with Gasteiger partial charge in [-0.15, -0.1) is 0 Å². The predicted octanol–water partition coefficient (Wildman–Crippen LogP) is 2.48. The van der Waals surface area contributed by atoms with Gasteiger partial charge in [-0.2, -0.15) is 8.42 Å². The second-order valence-electron chi connectivity index (χ2n) is 8.26. The summed E-state index contributed by atoms with van der Waals surface area (Å²) in [4.78, 5) is 37.9. The number of halogens is 1. The SMILES string of the molecule is O=C(OC1C2CC3C1OC(=O)[C@@H]3C2C(=O)Oc1ccc(S(=O)(=O)O)cc1)c1cccc(I)c1. The lowest BCUT2D eigenvalue weighted by Gasteiger charge is -2.30. The van der Waals surface area contributed by atoms with Crippen LogP contribution < -0.4 is 4.74 Å². The summed E-state index contributed by atoms with van der Waals surface area (Å²) in [5.74, 6) is -3.88. The Kier molecular flexibility index (Phi) is 5.45. The van der Waals surface area contributed by atoms with E-state index in [2.05, 4.69) is 22.6 Å². The summed E-state index contributed by atoms with van der Waals surface area (Å²) in [7, 11) is -4.38. The molecule has 2 aromatic carbocycles. The Bertz CT molecular complexity index is 1260. The maximum absolute atomic E-state index is 13.0. The van der Waals surface area contributed by atoms with Crippen LogP contribution in [0.5, 0.6) is 5.75 Å². The molecule has 5 rings (SSSR count). The fourth-order valence-corrected chi connectivity index (χ4v) is 6.16. The van der Waals surface area contributed by atoms with Crippen LogP contribution in [-0.2, 0) is 29.2 Å². The standard InChI is InChI=1S/C22H17IO9S/c23-11-3-1-2-10(8-11)20(24)31-18-14-9-15-17(22(26)32-19(15)18)16(14)21(25)30-12-4-6-13(7-5-12)33(27,28)29/h1-8,14-19H,9H2,(H,27,28,29)/t14?,15?,16?,17-,18?,19?/m0/s1. The molecular weight excluding hydrogens is 567 g/mol. The van der Waals surface area contributed by atoms with Crippen LogP contribution in [0.4, 0.5) is 0 Å². The van der Waals surface area contributed by atoms with Crippen LogP contribution >= 0.6 is 22.6 Å². The molecule has 2 aliphatic carbocycles. The van der Waals surface area contributed by atoms with Crippen LogP contribution in [0.25, 0.3) is 0 Å². The smallest absolute Gasteiger partial charge is 0.338 e. The summed E-state index contributed by atoms with van der Waals surface area (Å²) in [6.45, 7) is 0. The van der Waals surface area contributed by atoms with Gasteiger partial charge in [0.1, 0.15) is 18.0 Å². The van der Waals surface area contributed by atoms with Crippen LogP contribution in [0.3, 0.4) is 0 Å². The lowest BCUT2D eigenvalue weighted by Crippen LogP contribution is -2.44. The Morgan fingerprint density at radius 3 is 2.48 bits per heavy atom. The number of carbonyl (C=O) groups excluding carboxylic acids is 3. The van der Waals surface area contributed by atoms with Gasteiger partial charge >= 0.3 is 17.9 Å². The fourth-order valence-electron chi connectivity index (χ4n) is 5.14. The minimum absolute atomic E-state index is 0.0606. The van der Waals surface area contributed by atoms with E-state index in [0.29, 0.717) is 12.0 Å². The summed E-state index contributed by atoms with van der Waals surface area (Å²) in [6.07, 6.45) is -0.854. The van der Waals surface area contributed by atoms with E-state index in [-0.39, 0.29) is 16.6 Å². The Labute approximate surface area is 202 Å². The van der Waals surface area contributed by atoms with E-state index < -0.39 is 58.0 Å². The van der Waals surface area contributed by atoms with Gasteiger partial charge in [-0.3, -0.25) is 14.1 Å². The molecule has 1 heterocycles. The molecule has 0 spiro atoms. The quantitative estimate of drug-likeness (QED) is 0.244. The molecule has 11 heteroatoms. The van der Waals surface area contributed by atoms with Gasteiger partial charge in [0, 0.05) is 15.4 Å². The normalized spacial score (nSPS) is 29.6. The van der Waals surface area contributed by atoms with Crippen molar-refractivity contribution in [3.05, 3.63) is 57.7 Å². The molecule has 2 aromatic rings. The zero-order chi connectivity index (χ0) is 23.5. The van der Waals surface area contributed by atoms with Crippen molar-refractivity contribution in [1.82, 2.24) is 0 Å². The van der Waals surface area contributed by atoms with Gasteiger partial charge in [-0.25, -0.2) is 4.79 Å². The van der Waals surface area contributed by atoms with E-state index in [9.17, 15) is 22.8 Å². The molecule has 2 bridgehead atoms. The monoisotopic (exact) mass is 584 g/mol. The van der Waals surface area contributed by atoms with Crippen LogP contribution in [-0.4, -0.2) is 43.1 Å². The Balaban J connectivity index is 1.35. The minimum atomic E-state index is -4.38. The second kappa shape index (κ2) is 8.06. The molecule has 1 N–H and O–H groups in total. The van der Waals surface area contributed by atoms with Crippen molar-refractivity contribution in [2.45, 2.75) is 23.5 Å². The molecule has 5 unspecified atom stereocenters. The second-order valence-corrected chi connectivity index (χ2v) is 10.9. The molecular formula is C22H17IO9S. The van der Waals surface area contributed by atoms with Gasteiger partial charge in [0.2, 0.25) is 0 Å². The van der Waals surface area contributed by atoms with Crippen molar-refractivity contribution < 1.29 is 41.6 Å². The Hall–Kier alpha value is -2.51. The third-order valence-corrected chi connectivity index (χ3v) is 8.00. The highest BCUT2D eigenvalue weighted by atomic mass is 127. The number of carbonyl (C=O) groups is 3. The minimum Gasteiger partial charge on any atom is -0.458 e. The summed E-state index contributed by atoms with van der Waals surface area (Å²) in [5, 5.41) is 0. The largest absolute Gasteiger partial charge is 0.458 e. The Morgan fingerprint density at radius 2 is 1.82 bits per heavy atom. The van der Waals surface area contributed by atoms with Gasteiger partial charge in [0.05, 0.1) is 22.3 Å². The molecule has 0 radical (unpaired) electrons.